The second kappa shape index (κ2) is 4.00. The van der Waals surface area contributed by atoms with Crippen LogP contribution in [0.2, 0.25) is 5.02 Å². The minimum absolute atomic E-state index is 0.535. The highest BCUT2D eigenvalue weighted by Crippen LogP contribution is 2.22. The van der Waals surface area contributed by atoms with Crippen molar-refractivity contribution in [3.8, 4) is 5.69 Å². The lowest BCUT2D eigenvalue weighted by molar-refractivity contribution is 1.03. The fraction of sp³-hybridized carbons (Fsp3) is 0. The summed E-state index contributed by atoms with van der Waals surface area (Å²) in [5.74, 6) is 0. The molecule has 0 radical (unpaired) electrons. The lowest BCUT2D eigenvalue weighted by Gasteiger charge is -2.03. The van der Waals surface area contributed by atoms with E-state index in [0.29, 0.717) is 9.79 Å². The van der Waals surface area contributed by atoms with Gasteiger partial charge in [-0.3, -0.25) is 9.67 Å². The Morgan fingerprint density at radius 2 is 2.29 bits per heavy atom. The molecule has 0 unspecified atom stereocenters. The Morgan fingerprint density at radius 1 is 1.50 bits per heavy atom. The molecule has 6 heteroatoms. The van der Waals surface area contributed by atoms with Gasteiger partial charge in [-0.25, -0.2) is 0 Å². The van der Waals surface area contributed by atoms with Crippen molar-refractivity contribution in [2.45, 2.75) is 0 Å². The minimum atomic E-state index is 0.535. The zero-order valence-electron chi connectivity index (χ0n) is 6.87. The first-order valence-corrected chi connectivity index (χ1v) is 5.62. The predicted molar refractivity (Wildman–Crippen MR) is 66.5 cm³/mol. The van der Waals surface area contributed by atoms with Gasteiger partial charge in [-0.2, -0.15) is 5.10 Å². The molecule has 0 bridgehead atoms. The highest BCUT2D eigenvalue weighted by atomic mass is 127. The molecule has 2 aromatic rings. The number of benzene rings is 1. The Balaban J connectivity index is 2.63. The first-order valence-electron chi connectivity index (χ1n) is 3.76. The summed E-state index contributed by atoms with van der Waals surface area (Å²) in [6, 6.07) is 5.76. The predicted octanol–water partition coefficient (Wildman–Crippen LogP) is 3.19. The number of aromatic nitrogens is 3. The summed E-state index contributed by atoms with van der Waals surface area (Å²) in [4.78, 5) is 0. The van der Waals surface area contributed by atoms with Crippen LogP contribution in [0, 0.1) is 8.34 Å². The third-order valence-electron chi connectivity index (χ3n) is 1.72. The fourth-order valence-corrected chi connectivity index (χ4v) is 2.24. The summed E-state index contributed by atoms with van der Waals surface area (Å²) >= 11 is 13.3. The van der Waals surface area contributed by atoms with E-state index in [1.807, 2.05) is 18.2 Å². The Kier molecular flexibility index (Phi) is 2.89. The Hall–Kier alpha value is -0.400. The third-order valence-corrected chi connectivity index (χ3v) is 2.98. The quantitative estimate of drug-likeness (QED) is 0.640. The largest absolute Gasteiger partial charge is 0.273 e. The molecule has 0 aliphatic rings. The normalized spacial score (nSPS) is 10.4. The number of rotatable bonds is 1. The number of hydrogen-bond acceptors (Lipinski definition) is 2. The van der Waals surface area contributed by atoms with Gasteiger partial charge in [0.1, 0.15) is 6.33 Å². The van der Waals surface area contributed by atoms with Crippen LogP contribution in [-0.2, 0) is 0 Å². The van der Waals surface area contributed by atoms with E-state index in [2.05, 4.69) is 32.8 Å². The van der Waals surface area contributed by atoms with E-state index < -0.39 is 0 Å². The molecular formula is C8H5ClIN3S. The van der Waals surface area contributed by atoms with Gasteiger partial charge in [-0.05, 0) is 53.0 Å². The van der Waals surface area contributed by atoms with Crippen LogP contribution in [0.1, 0.15) is 0 Å². The monoisotopic (exact) mass is 337 g/mol. The number of aromatic amines is 1. The molecule has 1 heterocycles. The molecule has 0 fully saturated rings. The zero-order chi connectivity index (χ0) is 10.1. The minimum Gasteiger partial charge on any atom is -0.273 e. The van der Waals surface area contributed by atoms with Crippen LogP contribution in [0.15, 0.2) is 24.5 Å². The molecule has 1 aromatic heterocycles. The molecule has 0 amide bonds. The average molecular weight is 338 g/mol. The lowest BCUT2D eigenvalue weighted by atomic mass is 10.3. The summed E-state index contributed by atoms with van der Waals surface area (Å²) in [5.41, 5.74) is 0.839. The van der Waals surface area contributed by atoms with Gasteiger partial charge < -0.3 is 0 Å². The van der Waals surface area contributed by atoms with Crippen LogP contribution < -0.4 is 0 Å². The topological polar surface area (TPSA) is 33.6 Å². The van der Waals surface area contributed by atoms with Crippen LogP contribution in [-0.4, -0.2) is 14.8 Å². The second-order valence-corrected chi connectivity index (χ2v) is 4.67. The summed E-state index contributed by atoms with van der Waals surface area (Å²) < 4.78 is 3.35. The van der Waals surface area contributed by atoms with Gasteiger partial charge in [0.2, 0.25) is 0 Å². The molecule has 0 atom stereocenters. The van der Waals surface area contributed by atoms with Crippen molar-refractivity contribution in [3.63, 3.8) is 0 Å². The van der Waals surface area contributed by atoms with Gasteiger partial charge in [-0.15, -0.1) is 0 Å². The Labute approximate surface area is 104 Å². The van der Waals surface area contributed by atoms with E-state index in [9.17, 15) is 0 Å². The number of halogens is 2. The van der Waals surface area contributed by atoms with E-state index in [1.165, 1.54) is 0 Å². The van der Waals surface area contributed by atoms with Crippen LogP contribution in [0.5, 0.6) is 0 Å². The Bertz CT molecular complexity index is 519. The summed E-state index contributed by atoms with van der Waals surface area (Å²) in [6.07, 6.45) is 1.61. The highest BCUT2D eigenvalue weighted by Gasteiger charge is 2.03. The van der Waals surface area contributed by atoms with Gasteiger partial charge >= 0.3 is 0 Å². The van der Waals surface area contributed by atoms with Crippen LogP contribution in [0.4, 0.5) is 0 Å². The number of nitrogens with one attached hydrogen (secondary N) is 1. The maximum Gasteiger partial charge on any atom is 0.199 e. The van der Waals surface area contributed by atoms with Crippen molar-refractivity contribution in [1.82, 2.24) is 14.8 Å². The first-order chi connectivity index (χ1) is 6.68. The van der Waals surface area contributed by atoms with Gasteiger partial charge in [0.15, 0.2) is 4.77 Å². The molecule has 0 saturated carbocycles. The van der Waals surface area contributed by atoms with Crippen molar-refractivity contribution < 1.29 is 0 Å². The van der Waals surface area contributed by atoms with E-state index in [4.69, 9.17) is 23.8 Å². The standard InChI is InChI=1S/C8H5ClIN3S/c9-6-3-5(10)1-2-7(6)13-4-11-12-8(13)14/h1-4H,(H,12,14). The van der Waals surface area contributed by atoms with Crippen molar-refractivity contribution in [1.29, 1.82) is 0 Å². The molecule has 2 rings (SSSR count). The van der Waals surface area contributed by atoms with E-state index in [0.717, 1.165) is 9.26 Å². The van der Waals surface area contributed by atoms with Crippen molar-refractivity contribution in [2.24, 2.45) is 0 Å². The summed E-state index contributed by atoms with van der Waals surface area (Å²) in [7, 11) is 0. The zero-order valence-corrected chi connectivity index (χ0v) is 10.6. The molecule has 14 heavy (non-hydrogen) atoms. The molecule has 0 spiro atoms. The smallest absolute Gasteiger partial charge is 0.199 e. The maximum absolute atomic E-state index is 6.08. The molecule has 0 aliphatic heterocycles. The summed E-state index contributed by atoms with van der Waals surface area (Å²) in [6.45, 7) is 0. The molecule has 3 nitrogen and oxygen atoms in total. The van der Waals surface area contributed by atoms with Crippen LogP contribution in [0.25, 0.3) is 5.69 Å². The molecular weight excluding hydrogens is 333 g/mol. The SMILES string of the molecule is S=c1[nH]ncn1-c1ccc(I)cc1Cl. The van der Waals surface area contributed by atoms with E-state index in [1.54, 1.807) is 10.9 Å². The third kappa shape index (κ3) is 1.84. The van der Waals surface area contributed by atoms with Gasteiger partial charge in [0.05, 0.1) is 10.7 Å². The molecule has 0 saturated heterocycles. The Morgan fingerprint density at radius 3 is 2.86 bits per heavy atom. The number of H-pyrrole nitrogens is 1. The molecule has 1 aromatic carbocycles. The highest BCUT2D eigenvalue weighted by molar-refractivity contribution is 14.1. The van der Waals surface area contributed by atoms with E-state index in [-0.39, 0.29) is 0 Å². The van der Waals surface area contributed by atoms with Crippen molar-refractivity contribution in [2.75, 3.05) is 0 Å². The van der Waals surface area contributed by atoms with Crippen molar-refractivity contribution >= 4 is 46.4 Å². The van der Waals surface area contributed by atoms with Gasteiger partial charge in [-0.1, -0.05) is 11.6 Å². The first kappa shape index (κ1) is 10.1. The molecule has 0 aliphatic carbocycles. The lowest BCUT2D eigenvalue weighted by Crippen LogP contribution is -1.93. The molecule has 1 N–H and O–H groups in total. The number of hydrogen-bond donors (Lipinski definition) is 1. The average Bonchev–Trinajstić information content (AvgIpc) is 2.52. The number of nitrogens with zero attached hydrogens (tertiary/aromatic N) is 2. The van der Waals surface area contributed by atoms with Gasteiger partial charge in [0.25, 0.3) is 0 Å². The molecule has 72 valence electrons. The van der Waals surface area contributed by atoms with Gasteiger partial charge in [0, 0.05) is 3.57 Å². The maximum atomic E-state index is 6.08. The van der Waals surface area contributed by atoms with Crippen LogP contribution in [0.3, 0.4) is 0 Å². The fourth-order valence-electron chi connectivity index (χ4n) is 1.10. The van der Waals surface area contributed by atoms with Crippen LogP contribution >= 0.6 is 46.4 Å². The van der Waals surface area contributed by atoms with E-state index >= 15 is 0 Å². The summed E-state index contributed by atoms with van der Waals surface area (Å²) in [5, 5.41) is 7.17. The second-order valence-electron chi connectivity index (χ2n) is 2.63. The van der Waals surface area contributed by atoms with Crippen molar-refractivity contribution in [3.05, 3.63) is 37.9 Å².